The fourth-order valence-corrected chi connectivity index (χ4v) is 3.23. The first-order valence-electron chi connectivity index (χ1n) is 7.44. The topological polar surface area (TPSA) is 80.7 Å². The molecule has 0 radical (unpaired) electrons. The Hall–Kier alpha value is -2.86. The predicted molar refractivity (Wildman–Crippen MR) is 98.1 cm³/mol. The van der Waals surface area contributed by atoms with Crippen LogP contribution in [0.1, 0.15) is 5.56 Å². The number of fused-ring (bicyclic) bond motifs is 2. The van der Waals surface area contributed by atoms with Crippen LogP contribution in [0.5, 0.6) is 5.75 Å². The van der Waals surface area contributed by atoms with E-state index in [1.54, 1.807) is 31.2 Å². The molecule has 0 spiro atoms. The van der Waals surface area contributed by atoms with Gasteiger partial charge in [0.05, 0.1) is 5.56 Å². The summed E-state index contributed by atoms with van der Waals surface area (Å²) >= 11 is 3.39. The molecule has 2 aromatic heterocycles. The van der Waals surface area contributed by atoms with Crippen molar-refractivity contribution in [2.45, 2.75) is 6.92 Å². The molecule has 0 aliphatic heterocycles. The van der Waals surface area contributed by atoms with Crippen LogP contribution in [-0.2, 0) is 0 Å². The number of phenols is 1. The van der Waals surface area contributed by atoms with Crippen molar-refractivity contribution < 1.29 is 13.9 Å². The van der Waals surface area contributed by atoms with E-state index in [2.05, 4.69) is 15.9 Å². The second kappa shape index (κ2) is 5.60. The minimum Gasteiger partial charge on any atom is -0.508 e. The summed E-state index contributed by atoms with van der Waals surface area (Å²) in [5, 5.41) is 11.1. The lowest BCUT2D eigenvalue weighted by molar-refractivity contribution is 0.468. The van der Waals surface area contributed by atoms with E-state index in [0.717, 1.165) is 9.86 Å². The molecule has 4 aromatic rings. The Labute approximate surface area is 149 Å². The van der Waals surface area contributed by atoms with Gasteiger partial charge >= 0.3 is 11.3 Å². The van der Waals surface area contributed by atoms with Gasteiger partial charge in [0.25, 0.3) is 0 Å². The first-order valence-corrected chi connectivity index (χ1v) is 8.23. The van der Waals surface area contributed by atoms with Crippen LogP contribution in [0, 0.1) is 6.92 Å². The molecule has 4 rings (SSSR count). The van der Waals surface area contributed by atoms with Crippen LogP contribution in [0.15, 0.2) is 65.4 Å². The lowest BCUT2D eigenvalue weighted by atomic mass is 10.0. The Balaban J connectivity index is 2.13. The van der Waals surface area contributed by atoms with Crippen LogP contribution in [-0.4, -0.2) is 5.11 Å². The van der Waals surface area contributed by atoms with E-state index in [1.165, 1.54) is 12.1 Å². The Kier molecular flexibility index (Phi) is 3.51. The van der Waals surface area contributed by atoms with Crippen LogP contribution < -0.4 is 11.3 Å². The van der Waals surface area contributed by atoms with E-state index in [-0.39, 0.29) is 16.9 Å². The highest BCUT2D eigenvalue weighted by Crippen LogP contribution is 2.32. The standard InChI is InChI=1S/C19H11BrO5/c1-9-15(21)4-3-12-13(8-17(22)25-18(9)12)14-7-10-6-11(20)2-5-16(10)24-19(14)23/h2-8,21H,1H3. The van der Waals surface area contributed by atoms with E-state index >= 15 is 0 Å². The highest BCUT2D eigenvalue weighted by molar-refractivity contribution is 9.10. The summed E-state index contributed by atoms with van der Waals surface area (Å²) in [5.41, 5.74) is 0.648. The summed E-state index contributed by atoms with van der Waals surface area (Å²) in [5.74, 6) is 0.0160. The van der Waals surface area contributed by atoms with Crippen molar-refractivity contribution in [2.24, 2.45) is 0 Å². The summed E-state index contributed by atoms with van der Waals surface area (Å²) in [6, 6.07) is 11.4. The first-order chi connectivity index (χ1) is 11.9. The maximum Gasteiger partial charge on any atom is 0.344 e. The van der Waals surface area contributed by atoms with Crippen molar-refractivity contribution in [1.29, 1.82) is 0 Å². The third-order valence-corrected chi connectivity index (χ3v) is 4.61. The molecule has 0 unspecified atom stereocenters. The summed E-state index contributed by atoms with van der Waals surface area (Å²) in [6.45, 7) is 1.64. The van der Waals surface area contributed by atoms with Gasteiger partial charge in [-0.3, -0.25) is 0 Å². The summed E-state index contributed by atoms with van der Waals surface area (Å²) in [7, 11) is 0. The van der Waals surface area contributed by atoms with Crippen molar-refractivity contribution in [3.8, 4) is 16.9 Å². The van der Waals surface area contributed by atoms with Crippen LogP contribution in [0.2, 0.25) is 0 Å². The molecule has 1 N–H and O–H groups in total. The fourth-order valence-electron chi connectivity index (χ4n) is 2.86. The molecule has 0 amide bonds. The summed E-state index contributed by atoms with van der Waals surface area (Å²) in [4.78, 5) is 24.4. The van der Waals surface area contributed by atoms with Gasteiger partial charge < -0.3 is 13.9 Å². The maximum atomic E-state index is 12.5. The average molecular weight is 399 g/mol. The molecular formula is C19H11BrO5. The minimum absolute atomic E-state index is 0.0160. The molecule has 5 nitrogen and oxygen atoms in total. The van der Waals surface area contributed by atoms with Gasteiger partial charge in [0.15, 0.2) is 0 Å². The highest BCUT2D eigenvalue weighted by Gasteiger charge is 2.16. The smallest absolute Gasteiger partial charge is 0.344 e. The number of aryl methyl sites for hydroxylation is 1. The average Bonchev–Trinajstić information content (AvgIpc) is 2.58. The van der Waals surface area contributed by atoms with E-state index in [1.807, 2.05) is 6.07 Å². The van der Waals surface area contributed by atoms with Gasteiger partial charge in [-0.1, -0.05) is 15.9 Å². The SMILES string of the molecule is Cc1c(O)ccc2c(-c3cc4cc(Br)ccc4oc3=O)cc(=O)oc12. The van der Waals surface area contributed by atoms with Crippen LogP contribution in [0.25, 0.3) is 33.1 Å². The van der Waals surface area contributed by atoms with Crippen molar-refractivity contribution in [3.05, 3.63) is 73.3 Å². The second-order valence-electron chi connectivity index (χ2n) is 5.70. The molecule has 124 valence electrons. The molecule has 0 aliphatic carbocycles. The number of rotatable bonds is 1. The predicted octanol–water partition coefficient (Wildman–Crippen LogP) is 4.34. The second-order valence-corrected chi connectivity index (χ2v) is 6.61. The van der Waals surface area contributed by atoms with Gasteiger partial charge in [-0.25, -0.2) is 9.59 Å². The van der Waals surface area contributed by atoms with Gasteiger partial charge in [0.2, 0.25) is 0 Å². The van der Waals surface area contributed by atoms with Crippen molar-refractivity contribution in [3.63, 3.8) is 0 Å². The Morgan fingerprint density at radius 2 is 1.76 bits per heavy atom. The molecule has 2 aromatic carbocycles. The van der Waals surface area contributed by atoms with E-state index < -0.39 is 11.3 Å². The molecule has 25 heavy (non-hydrogen) atoms. The third-order valence-electron chi connectivity index (χ3n) is 4.12. The molecule has 0 bridgehead atoms. The normalized spacial score (nSPS) is 11.3. The molecule has 0 saturated heterocycles. The van der Waals surface area contributed by atoms with Crippen LogP contribution in [0.3, 0.4) is 0 Å². The van der Waals surface area contributed by atoms with Gasteiger partial charge in [0, 0.05) is 32.4 Å². The van der Waals surface area contributed by atoms with Gasteiger partial charge in [0.1, 0.15) is 16.9 Å². The first kappa shape index (κ1) is 15.7. The van der Waals surface area contributed by atoms with Gasteiger partial charge in [-0.15, -0.1) is 0 Å². The molecule has 2 heterocycles. The van der Waals surface area contributed by atoms with Gasteiger partial charge in [-0.05, 0) is 43.3 Å². The Bertz CT molecular complexity index is 1270. The monoisotopic (exact) mass is 398 g/mol. The van der Waals surface area contributed by atoms with Crippen molar-refractivity contribution in [1.82, 2.24) is 0 Å². The number of phenolic OH excluding ortho intramolecular Hbond substituents is 1. The third kappa shape index (κ3) is 2.55. The molecule has 6 heteroatoms. The number of aromatic hydroxyl groups is 1. The number of benzene rings is 2. The highest BCUT2D eigenvalue weighted by atomic mass is 79.9. The quantitative estimate of drug-likeness (QED) is 0.482. The minimum atomic E-state index is -0.607. The lowest BCUT2D eigenvalue weighted by Gasteiger charge is -2.08. The van der Waals surface area contributed by atoms with E-state index in [0.29, 0.717) is 22.1 Å². The van der Waals surface area contributed by atoms with Crippen molar-refractivity contribution >= 4 is 37.9 Å². The zero-order valence-corrected chi connectivity index (χ0v) is 14.6. The van der Waals surface area contributed by atoms with Crippen LogP contribution >= 0.6 is 15.9 Å². The number of halogens is 1. The molecule has 0 atom stereocenters. The Morgan fingerprint density at radius 1 is 0.960 bits per heavy atom. The molecule has 0 fully saturated rings. The van der Waals surface area contributed by atoms with E-state index in [4.69, 9.17) is 8.83 Å². The van der Waals surface area contributed by atoms with Crippen molar-refractivity contribution in [2.75, 3.05) is 0 Å². The number of hydrogen-bond acceptors (Lipinski definition) is 5. The summed E-state index contributed by atoms with van der Waals surface area (Å²) < 4.78 is 11.5. The fraction of sp³-hybridized carbons (Fsp3) is 0.0526. The number of hydrogen-bond donors (Lipinski definition) is 1. The Morgan fingerprint density at radius 3 is 2.56 bits per heavy atom. The molecule has 0 saturated carbocycles. The zero-order valence-electron chi connectivity index (χ0n) is 13.0. The molecular weight excluding hydrogens is 388 g/mol. The largest absolute Gasteiger partial charge is 0.508 e. The lowest BCUT2D eigenvalue weighted by Crippen LogP contribution is -2.06. The maximum absolute atomic E-state index is 12.5. The summed E-state index contributed by atoms with van der Waals surface area (Å²) in [6.07, 6.45) is 0. The van der Waals surface area contributed by atoms with Gasteiger partial charge in [-0.2, -0.15) is 0 Å². The van der Waals surface area contributed by atoms with E-state index in [9.17, 15) is 14.7 Å². The molecule has 0 aliphatic rings. The van der Waals surface area contributed by atoms with Crippen LogP contribution in [0.4, 0.5) is 0 Å². The zero-order chi connectivity index (χ0) is 17.7.